The predicted octanol–water partition coefficient (Wildman–Crippen LogP) is 15.3. The minimum Gasteiger partial charge on any atom is -0.458 e. The monoisotopic (exact) mass is 872 g/mol. The molecular weight excluding hydrogens is 779 g/mol. The first kappa shape index (κ1) is 59.3. The molecule has 6 heteroatoms. The van der Waals surface area contributed by atoms with Crippen molar-refractivity contribution in [2.24, 2.45) is 0 Å². The van der Waals surface area contributed by atoms with Crippen LogP contribution in [0.1, 0.15) is 201 Å². The van der Waals surface area contributed by atoms with Crippen LogP contribution >= 0.6 is 0 Å². The largest absolute Gasteiger partial charge is 0.458 e. The number of esters is 1. The maximum Gasteiger partial charge on any atom is 0.306 e. The lowest BCUT2D eigenvalue weighted by Gasteiger charge is -2.23. The number of hydrogen-bond acceptors (Lipinski definition) is 5. The van der Waals surface area contributed by atoms with Crippen LogP contribution < -0.4 is 5.32 Å². The molecule has 3 unspecified atom stereocenters. The normalized spacial score (nSPS) is 14.3. The van der Waals surface area contributed by atoms with Gasteiger partial charge in [0.05, 0.1) is 25.2 Å². The molecule has 0 aliphatic carbocycles. The third-order valence-corrected chi connectivity index (χ3v) is 10.6. The molecule has 1 amide bonds. The highest BCUT2D eigenvalue weighted by Gasteiger charge is 2.23. The molecule has 0 radical (unpaired) electrons. The van der Waals surface area contributed by atoms with Gasteiger partial charge in [-0.05, 0) is 76.7 Å². The van der Waals surface area contributed by atoms with Crippen molar-refractivity contribution in [3.05, 3.63) is 122 Å². The van der Waals surface area contributed by atoms with E-state index in [1.807, 2.05) is 42.5 Å². The van der Waals surface area contributed by atoms with Gasteiger partial charge in [-0.15, -0.1) is 0 Å². The second-order valence-corrected chi connectivity index (χ2v) is 16.5. The summed E-state index contributed by atoms with van der Waals surface area (Å²) in [7, 11) is 0. The molecule has 0 rings (SSSR count). The average molecular weight is 872 g/mol. The fourth-order valence-corrected chi connectivity index (χ4v) is 6.85. The van der Waals surface area contributed by atoms with Crippen LogP contribution in [0.5, 0.6) is 0 Å². The van der Waals surface area contributed by atoms with Gasteiger partial charge < -0.3 is 20.3 Å². The van der Waals surface area contributed by atoms with Crippen LogP contribution in [0, 0.1) is 0 Å². The van der Waals surface area contributed by atoms with Crippen molar-refractivity contribution in [1.82, 2.24) is 5.32 Å². The number of carbonyl (C=O) groups is 2. The van der Waals surface area contributed by atoms with Crippen molar-refractivity contribution in [1.29, 1.82) is 0 Å². The van der Waals surface area contributed by atoms with Gasteiger partial charge in [0.2, 0.25) is 5.91 Å². The quantitative estimate of drug-likeness (QED) is 0.0245. The molecule has 0 bridgehead atoms. The predicted molar refractivity (Wildman–Crippen MR) is 273 cm³/mol. The molecule has 0 saturated heterocycles. The van der Waals surface area contributed by atoms with Gasteiger partial charge in [-0.2, -0.15) is 0 Å². The smallest absolute Gasteiger partial charge is 0.306 e. The molecule has 0 aliphatic heterocycles. The molecule has 0 saturated carbocycles. The van der Waals surface area contributed by atoms with Gasteiger partial charge in [0.25, 0.3) is 0 Å². The number of amides is 1. The lowest BCUT2D eigenvalue weighted by molar-refractivity contribution is -0.148. The molecule has 3 atom stereocenters. The van der Waals surface area contributed by atoms with Crippen LogP contribution in [0.4, 0.5) is 0 Å². The van der Waals surface area contributed by atoms with Crippen molar-refractivity contribution >= 4 is 11.9 Å². The molecule has 6 nitrogen and oxygen atoms in total. The molecule has 0 aromatic heterocycles. The first-order valence-corrected chi connectivity index (χ1v) is 25.3. The summed E-state index contributed by atoms with van der Waals surface area (Å²) in [5, 5.41) is 23.7. The van der Waals surface area contributed by atoms with Gasteiger partial charge in [0, 0.05) is 6.42 Å². The van der Waals surface area contributed by atoms with Crippen molar-refractivity contribution in [2.45, 2.75) is 219 Å². The summed E-state index contributed by atoms with van der Waals surface area (Å²) < 4.78 is 5.79. The molecule has 3 N–H and O–H groups in total. The summed E-state index contributed by atoms with van der Waals surface area (Å²) in [6, 6.07) is -0.759. The fourth-order valence-electron chi connectivity index (χ4n) is 6.85. The summed E-state index contributed by atoms with van der Waals surface area (Å²) >= 11 is 0. The van der Waals surface area contributed by atoms with Crippen LogP contribution in [-0.4, -0.2) is 46.9 Å². The van der Waals surface area contributed by atoms with E-state index in [-0.39, 0.29) is 31.3 Å². The van der Waals surface area contributed by atoms with Crippen molar-refractivity contribution < 1.29 is 24.5 Å². The van der Waals surface area contributed by atoms with Crippen LogP contribution in [0.3, 0.4) is 0 Å². The number of aliphatic hydroxyl groups excluding tert-OH is 2. The van der Waals surface area contributed by atoms with Gasteiger partial charge in [-0.1, -0.05) is 233 Å². The van der Waals surface area contributed by atoms with E-state index in [1.165, 1.54) is 70.6 Å². The van der Waals surface area contributed by atoms with Crippen LogP contribution in [-0.2, 0) is 14.3 Å². The number of allylic oxidation sites excluding steroid dienone is 19. The van der Waals surface area contributed by atoms with Crippen molar-refractivity contribution in [3.8, 4) is 0 Å². The summed E-state index contributed by atoms with van der Waals surface area (Å²) in [6.07, 6.45) is 68.6. The minimum atomic E-state index is -0.834. The number of carbonyl (C=O) groups excluding carboxylic acids is 2. The zero-order valence-corrected chi connectivity index (χ0v) is 40.4. The second kappa shape index (κ2) is 49.3. The maximum absolute atomic E-state index is 13.2. The van der Waals surface area contributed by atoms with E-state index in [0.717, 1.165) is 83.5 Å². The Morgan fingerprint density at radius 1 is 0.508 bits per heavy atom. The van der Waals surface area contributed by atoms with E-state index < -0.39 is 18.2 Å². The highest BCUT2D eigenvalue weighted by atomic mass is 16.5. The van der Waals surface area contributed by atoms with E-state index in [9.17, 15) is 19.8 Å². The molecule has 0 aromatic rings. The molecule has 0 aromatic carbocycles. The Labute approximate surface area is 387 Å². The maximum atomic E-state index is 13.2. The molecule has 0 spiro atoms. The van der Waals surface area contributed by atoms with Gasteiger partial charge >= 0.3 is 5.97 Å². The molecule has 356 valence electrons. The Morgan fingerprint density at radius 2 is 0.952 bits per heavy atom. The Balaban J connectivity index is 4.85. The first-order chi connectivity index (χ1) is 31.0. The fraction of sp³-hybridized carbons (Fsp3) is 0.614. The van der Waals surface area contributed by atoms with E-state index >= 15 is 0 Å². The van der Waals surface area contributed by atoms with Crippen LogP contribution in [0.25, 0.3) is 0 Å². The highest BCUT2D eigenvalue weighted by molar-refractivity contribution is 5.78. The molecule has 0 aliphatic rings. The zero-order chi connectivity index (χ0) is 45.9. The van der Waals surface area contributed by atoms with Gasteiger partial charge in [-0.3, -0.25) is 9.59 Å². The Bertz CT molecular complexity index is 1350. The summed E-state index contributed by atoms with van der Waals surface area (Å²) in [5.41, 5.74) is 0. The van der Waals surface area contributed by atoms with Gasteiger partial charge in [-0.25, -0.2) is 0 Å². The van der Waals surface area contributed by atoms with Crippen LogP contribution in [0.15, 0.2) is 122 Å². The van der Waals surface area contributed by atoms with E-state index in [2.05, 4.69) is 99.0 Å². The van der Waals surface area contributed by atoms with E-state index in [1.54, 1.807) is 6.08 Å². The SMILES string of the molecule is CC/C=C\C/C=C\C/C=C\C/C=C\C/C=C\C/C=C\C(CC(=O)NC(CO)C(O)CCCCCCCCCCCCCCCC)OC(=O)CCCCC\C=C/C=C\C=C\C=C\CC. The standard InChI is InChI=1S/C57H93NO5/c1-4-7-10-13-16-19-22-25-27-28-29-31-33-36-39-42-45-48-53(63-57(62)50-47-44-41-38-35-30-24-21-18-15-12-9-6-3)51-56(61)58-54(52-59)55(60)49-46-43-40-37-34-32-26-23-20-17-14-11-8-5-2/h7,9-10,12,15-16,18-19,21,24-25,27,29-31,35-36,39,45,48,53-55,59-60H,4-6,8,11,13-14,17,20,22-23,26,28,32-34,37-38,40-44,46-47,49-52H2,1-3H3,(H,58,61)/b10-7-,12-9+,18-15+,19-16-,24-21-,27-25-,31-29-,35-30-,39-36-,48-45-. The molecule has 0 fully saturated rings. The molecular formula is C57H93NO5. The number of nitrogens with one attached hydrogen (secondary N) is 1. The summed E-state index contributed by atoms with van der Waals surface area (Å²) in [5.74, 6) is -0.689. The number of aliphatic hydroxyl groups is 2. The second-order valence-electron chi connectivity index (χ2n) is 16.5. The number of ether oxygens (including phenoxy) is 1. The van der Waals surface area contributed by atoms with Crippen molar-refractivity contribution in [2.75, 3.05) is 6.61 Å². The Kier molecular flexibility index (Phi) is 46.4. The third-order valence-electron chi connectivity index (χ3n) is 10.6. The first-order valence-electron chi connectivity index (χ1n) is 25.3. The zero-order valence-electron chi connectivity index (χ0n) is 40.4. The summed E-state index contributed by atoms with van der Waals surface area (Å²) in [6.45, 7) is 6.17. The number of unbranched alkanes of at least 4 members (excludes halogenated alkanes) is 16. The lowest BCUT2D eigenvalue weighted by Crippen LogP contribution is -2.46. The van der Waals surface area contributed by atoms with Gasteiger partial charge in [0.1, 0.15) is 6.10 Å². The van der Waals surface area contributed by atoms with Gasteiger partial charge in [0.15, 0.2) is 0 Å². The lowest BCUT2D eigenvalue weighted by atomic mass is 10.0. The third kappa shape index (κ3) is 44.7. The Hall–Kier alpha value is -3.74. The van der Waals surface area contributed by atoms with Crippen molar-refractivity contribution in [3.63, 3.8) is 0 Å². The summed E-state index contributed by atoms with van der Waals surface area (Å²) in [4.78, 5) is 26.1. The minimum absolute atomic E-state index is 0.0711. The van der Waals surface area contributed by atoms with Crippen LogP contribution in [0.2, 0.25) is 0 Å². The van der Waals surface area contributed by atoms with E-state index in [0.29, 0.717) is 12.8 Å². The molecule has 0 heterocycles. The topological polar surface area (TPSA) is 95.9 Å². The highest BCUT2D eigenvalue weighted by Crippen LogP contribution is 2.15. The molecule has 63 heavy (non-hydrogen) atoms. The Morgan fingerprint density at radius 3 is 1.46 bits per heavy atom. The number of rotatable bonds is 43. The van der Waals surface area contributed by atoms with E-state index in [4.69, 9.17) is 4.74 Å². The number of hydrogen-bond donors (Lipinski definition) is 3. The average Bonchev–Trinajstić information content (AvgIpc) is 3.28.